The summed E-state index contributed by atoms with van der Waals surface area (Å²) in [5, 5.41) is 12.3. The normalized spacial score (nSPS) is 16.9. The van der Waals surface area contributed by atoms with Crippen molar-refractivity contribution < 1.29 is 9.59 Å². The average molecular weight is 468 g/mol. The molecule has 8 heteroatoms. The van der Waals surface area contributed by atoms with Gasteiger partial charge in [-0.1, -0.05) is 37.7 Å². The van der Waals surface area contributed by atoms with Gasteiger partial charge in [0.1, 0.15) is 5.03 Å². The summed E-state index contributed by atoms with van der Waals surface area (Å²) in [6.45, 7) is 7.79. The summed E-state index contributed by atoms with van der Waals surface area (Å²) in [5.41, 5.74) is 2.05. The van der Waals surface area contributed by atoms with Crippen molar-refractivity contribution in [2.24, 2.45) is 5.92 Å². The highest BCUT2D eigenvalue weighted by molar-refractivity contribution is 7.99. The van der Waals surface area contributed by atoms with E-state index in [0.717, 1.165) is 68.4 Å². The highest BCUT2D eigenvalue weighted by Crippen LogP contribution is 2.26. The number of nitrogens with zero attached hydrogens (tertiary/aromatic N) is 4. The van der Waals surface area contributed by atoms with Crippen molar-refractivity contribution in [2.45, 2.75) is 50.5 Å². The van der Waals surface area contributed by atoms with Crippen LogP contribution in [0.25, 0.3) is 0 Å². The van der Waals surface area contributed by atoms with E-state index in [9.17, 15) is 9.59 Å². The van der Waals surface area contributed by atoms with Crippen molar-refractivity contribution >= 4 is 35.1 Å². The molecule has 0 saturated carbocycles. The quantitative estimate of drug-likeness (QED) is 0.616. The first-order valence-electron chi connectivity index (χ1n) is 11.9. The Bertz CT molecular complexity index is 934. The first kappa shape index (κ1) is 23.5. The van der Waals surface area contributed by atoms with Crippen LogP contribution in [0, 0.1) is 5.92 Å². The van der Waals surface area contributed by atoms with Crippen LogP contribution < -0.4 is 10.2 Å². The second kappa shape index (κ2) is 11.0. The molecule has 2 aromatic rings. The Morgan fingerprint density at radius 3 is 2.30 bits per heavy atom. The van der Waals surface area contributed by atoms with Crippen molar-refractivity contribution in [3.63, 3.8) is 0 Å². The second-order valence-corrected chi connectivity index (χ2v) is 10.1. The molecule has 0 spiro atoms. The Balaban J connectivity index is 1.21. The molecule has 0 atom stereocenters. The third-order valence-electron chi connectivity index (χ3n) is 6.42. The van der Waals surface area contributed by atoms with Crippen LogP contribution in [-0.4, -0.2) is 58.8 Å². The summed E-state index contributed by atoms with van der Waals surface area (Å²) < 4.78 is 0. The molecule has 1 aromatic carbocycles. The zero-order chi connectivity index (χ0) is 23.2. The number of aromatic nitrogens is 2. The number of rotatable bonds is 7. The van der Waals surface area contributed by atoms with Crippen LogP contribution in [0.15, 0.2) is 41.4 Å². The number of nitrogens with one attached hydrogen (secondary N) is 1. The predicted octanol–water partition coefficient (Wildman–Crippen LogP) is 4.17. The lowest BCUT2D eigenvalue weighted by Gasteiger charge is -2.33. The minimum absolute atomic E-state index is 0.0621. The van der Waals surface area contributed by atoms with Crippen molar-refractivity contribution in [1.82, 2.24) is 15.1 Å². The lowest BCUT2D eigenvalue weighted by atomic mass is 9.95. The van der Waals surface area contributed by atoms with Crippen LogP contribution in [0.4, 0.5) is 11.5 Å². The number of benzene rings is 1. The molecule has 7 nitrogen and oxygen atoms in total. The summed E-state index contributed by atoms with van der Waals surface area (Å²) in [6, 6.07) is 11.8. The monoisotopic (exact) mass is 467 g/mol. The van der Waals surface area contributed by atoms with E-state index in [1.165, 1.54) is 17.3 Å². The van der Waals surface area contributed by atoms with E-state index in [1.807, 2.05) is 41.3 Å². The third kappa shape index (κ3) is 6.25. The molecule has 0 unspecified atom stereocenters. The van der Waals surface area contributed by atoms with E-state index in [4.69, 9.17) is 0 Å². The van der Waals surface area contributed by atoms with E-state index in [1.54, 1.807) is 0 Å². The molecular weight excluding hydrogens is 434 g/mol. The molecule has 2 saturated heterocycles. The SMILES string of the molecule is CC(C)c1ccc(NC(=O)CSc2ccc(N3CCC(C(=O)N4CCCC4)CC3)nn2)cc1. The standard InChI is InChI=1S/C25H33N5O2S/c1-18(2)19-5-7-21(8-6-19)26-23(31)17-33-24-10-9-22(27-28-24)29-15-11-20(12-16-29)25(32)30-13-3-4-14-30/h5-10,18,20H,3-4,11-17H2,1-2H3,(H,26,31). The van der Waals surface area contributed by atoms with Crippen LogP contribution in [0.5, 0.6) is 0 Å². The van der Waals surface area contributed by atoms with E-state index < -0.39 is 0 Å². The van der Waals surface area contributed by atoms with Gasteiger partial charge in [0, 0.05) is 37.8 Å². The number of likely N-dealkylation sites (tertiary alicyclic amines) is 1. The van der Waals surface area contributed by atoms with Crippen LogP contribution in [0.1, 0.15) is 51.0 Å². The van der Waals surface area contributed by atoms with Gasteiger partial charge in [0.25, 0.3) is 0 Å². The number of carbonyl (C=O) groups excluding carboxylic acids is 2. The fourth-order valence-corrected chi connectivity index (χ4v) is 5.01. The van der Waals surface area contributed by atoms with Crippen LogP contribution >= 0.6 is 11.8 Å². The number of hydrogen-bond acceptors (Lipinski definition) is 6. The third-order valence-corrected chi connectivity index (χ3v) is 7.34. The minimum atomic E-state index is -0.0621. The van der Waals surface area contributed by atoms with Gasteiger partial charge in [-0.15, -0.1) is 10.2 Å². The molecule has 2 aliphatic heterocycles. The lowest BCUT2D eigenvalue weighted by molar-refractivity contribution is -0.135. The molecule has 33 heavy (non-hydrogen) atoms. The molecule has 0 bridgehead atoms. The molecule has 0 radical (unpaired) electrons. The molecule has 2 fully saturated rings. The maximum Gasteiger partial charge on any atom is 0.234 e. The Morgan fingerprint density at radius 2 is 1.70 bits per heavy atom. The topological polar surface area (TPSA) is 78.4 Å². The lowest BCUT2D eigenvalue weighted by Crippen LogP contribution is -2.42. The van der Waals surface area contributed by atoms with Crippen molar-refractivity contribution in [3.05, 3.63) is 42.0 Å². The van der Waals surface area contributed by atoms with E-state index in [2.05, 4.69) is 34.3 Å². The maximum absolute atomic E-state index is 12.6. The van der Waals surface area contributed by atoms with E-state index >= 15 is 0 Å². The Hall–Kier alpha value is -2.61. The predicted molar refractivity (Wildman–Crippen MR) is 133 cm³/mol. The van der Waals surface area contributed by atoms with Gasteiger partial charge in [0.2, 0.25) is 11.8 Å². The molecule has 2 amide bonds. The summed E-state index contributed by atoms with van der Waals surface area (Å²) in [4.78, 5) is 29.1. The molecule has 1 aromatic heterocycles. The molecule has 176 valence electrons. The van der Waals surface area contributed by atoms with Crippen LogP contribution in [0.3, 0.4) is 0 Å². The van der Waals surface area contributed by atoms with Gasteiger partial charge in [-0.05, 0) is 61.4 Å². The van der Waals surface area contributed by atoms with Gasteiger partial charge in [-0.25, -0.2) is 0 Å². The van der Waals surface area contributed by atoms with Gasteiger partial charge in [0.05, 0.1) is 5.75 Å². The average Bonchev–Trinajstić information content (AvgIpc) is 3.38. The largest absolute Gasteiger partial charge is 0.355 e. The fourth-order valence-electron chi connectivity index (χ4n) is 4.40. The van der Waals surface area contributed by atoms with E-state index in [0.29, 0.717) is 11.8 Å². The summed E-state index contributed by atoms with van der Waals surface area (Å²) in [6.07, 6.45) is 4.01. The zero-order valence-corrected chi connectivity index (χ0v) is 20.3. The highest BCUT2D eigenvalue weighted by Gasteiger charge is 2.30. The zero-order valence-electron chi connectivity index (χ0n) is 19.5. The van der Waals surface area contributed by atoms with Crippen molar-refractivity contribution in [1.29, 1.82) is 0 Å². The molecule has 2 aliphatic rings. The van der Waals surface area contributed by atoms with Crippen molar-refractivity contribution in [2.75, 3.05) is 42.1 Å². The molecule has 4 rings (SSSR count). The van der Waals surface area contributed by atoms with Crippen LogP contribution in [-0.2, 0) is 9.59 Å². The number of piperidine rings is 1. The van der Waals surface area contributed by atoms with Gasteiger partial charge >= 0.3 is 0 Å². The highest BCUT2D eigenvalue weighted by atomic mass is 32.2. The first-order chi connectivity index (χ1) is 16.0. The number of anilines is 2. The first-order valence-corrected chi connectivity index (χ1v) is 12.9. The van der Waals surface area contributed by atoms with Crippen LogP contribution in [0.2, 0.25) is 0 Å². The summed E-state index contributed by atoms with van der Waals surface area (Å²) in [7, 11) is 0. The van der Waals surface area contributed by atoms with Gasteiger partial charge in [0.15, 0.2) is 5.82 Å². The summed E-state index contributed by atoms with van der Waals surface area (Å²) in [5.74, 6) is 2.00. The number of carbonyl (C=O) groups is 2. The van der Waals surface area contributed by atoms with Gasteiger partial charge in [-0.2, -0.15) is 0 Å². The van der Waals surface area contributed by atoms with Crippen molar-refractivity contribution in [3.8, 4) is 0 Å². The van der Waals surface area contributed by atoms with E-state index in [-0.39, 0.29) is 17.6 Å². The Labute approximate surface area is 200 Å². The molecular formula is C25H33N5O2S. The smallest absolute Gasteiger partial charge is 0.234 e. The number of amides is 2. The molecule has 1 N–H and O–H groups in total. The Kier molecular flexibility index (Phi) is 7.85. The molecule has 0 aliphatic carbocycles. The second-order valence-electron chi connectivity index (χ2n) is 9.14. The fraction of sp³-hybridized carbons (Fsp3) is 0.520. The Morgan fingerprint density at radius 1 is 1.00 bits per heavy atom. The number of hydrogen-bond donors (Lipinski definition) is 1. The van der Waals surface area contributed by atoms with Gasteiger partial charge in [-0.3, -0.25) is 9.59 Å². The summed E-state index contributed by atoms with van der Waals surface area (Å²) >= 11 is 1.38. The maximum atomic E-state index is 12.6. The molecule has 3 heterocycles. The van der Waals surface area contributed by atoms with Gasteiger partial charge < -0.3 is 15.1 Å². The number of thioether (sulfide) groups is 1. The minimum Gasteiger partial charge on any atom is -0.355 e.